The molecule has 3 rings (SSSR count). The summed E-state index contributed by atoms with van der Waals surface area (Å²) in [5.41, 5.74) is 1.67. The first-order chi connectivity index (χ1) is 14.0. The number of esters is 1. The minimum Gasteiger partial charge on any atom is -0.496 e. The average Bonchev–Trinajstić information content (AvgIpc) is 3.23. The summed E-state index contributed by atoms with van der Waals surface area (Å²) >= 11 is 6.20. The molecule has 8 nitrogen and oxygen atoms in total. The third-order valence-electron chi connectivity index (χ3n) is 4.34. The Bertz CT molecular complexity index is 975. The van der Waals surface area contributed by atoms with E-state index in [0.717, 1.165) is 0 Å². The van der Waals surface area contributed by atoms with Gasteiger partial charge in [-0.1, -0.05) is 28.9 Å². The fourth-order valence-corrected chi connectivity index (χ4v) is 3.10. The van der Waals surface area contributed by atoms with Gasteiger partial charge in [-0.15, -0.1) is 0 Å². The van der Waals surface area contributed by atoms with Crippen molar-refractivity contribution in [3.63, 3.8) is 0 Å². The Hall–Kier alpha value is -3.26. The second-order valence-electron chi connectivity index (χ2n) is 6.05. The van der Waals surface area contributed by atoms with Crippen LogP contribution in [0.2, 0.25) is 5.02 Å². The highest BCUT2D eigenvalue weighted by molar-refractivity contribution is 6.32. The van der Waals surface area contributed by atoms with E-state index in [2.05, 4.69) is 10.5 Å². The predicted molar refractivity (Wildman–Crippen MR) is 107 cm³/mol. The first kappa shape index (κ1) is 20.5. The zero-order chi connectivity index (χ0) is 21.0. The number of methoxy groups -OCH3 is 3. The van der Waals surface area contributed by atoms with E-state index in [1.54, 1.807) is 36.4 Å². The zero-order valence-corrected chi connectivity index (χ0v) is 16.8. The number of oxime groups is 1. The quantitative estimate of drug-likeness (QED) is 0.723. The number of benzene rings is 2. The minimum atomic E-state index is -0.874. The third kappa shape index (κ3) is 4.27. The van der Waals surface area contributed by atoms with E-state index >= 15 is 0 Å². The number of amides is 1. The van der Waals surface area contributed by atoms with Crippen molar-refractivity contribution in [3.8, 4) is 11.5 Å². The van der Waals surface area contributed by atoms with Gasteiger partial charge in [-0.2, -0.15) is 0 Å². The van der Waals surface area contributed by atoms with Crippen molar-refractivity contribution in [2.75, 3.05) is 26.6 Å². The number of halogens is 1. The summed E-state index contributed by atoms with van der Waals surface area (Å²) in [7, 11) is 4.29. The molecule has 1 atom stereocenters. The molecule has 0 saturated heterocycles. The molecule has 1 heterocycles. The van der Waals surface area contributed by atoms with Gasteiger partial charge in [0.15, 0.2) is 0 Å². The van der Waals surface area contributed by atoms with Crippen molar-refractivity contribution < 1.29 is 28.6 Å². The van der Waals surface area contributed by atoms with E-state index in [1.807, 2.05) is 0 Å². The lowest BCUT2D eigenvalue weighted by atomic mass is 10.0. The van der Waals surface area contributed by atoms with Gasteiger partial charge in [-0.05, 0) is 18.2 Å². The lowest BCUT2D eigenvalue weighted by molar-refractivity contribution is -0.125. The molecule has 0 bridgehead atoms. The van der Waals surface area contributed by atoms with Gasteiger partial charge in [-0.25, -0.2) is 4.79 Å². The van der Waals surface area contributed by atoms with Crippen LogP contribution >= 0.6 is 11.6 Å². The molecule has 29 heavy (non-hydrogen) atoms. The maximum Gasteiger partial charge on any atom is 0.339 e. The molecule has 0 aromatic heterocycles. The Morgan fingerprint density at radius 3 is 2.55 bits per heavy atom. The fraction of sp³-hybridized carbons (Fsp3) is 0.250. The van der Waals surface area contributed by atoms with Crippen molar-refractivity contribution in [3.05, 3.63) is 52.5 Å². The third-order valence-corrected chi connectivity index (χ3v) is 4.63. The number of hydrogen-bond acceptors (Lipinski definition) is 7. The van der Waals surface area contributed by atoms with Crippen LogP contribution in [0.5, 0.6) is 11.5 Å². The normalized spacial score (nSPS) is 15.2. The van der Waals surface area contributed by atoms with Crippen LogP contribution in [0.1, 0.15) is 22.3 Å². The number of nitrogens with one attached hydrogen (secondary N) is 1. The highest BCUT2D eigenvalue weighted by atomic mass is 35.5. The fourth-order valence-electron chi connectivity index (χ4n) is 2.86. The Kier molecular flexibility index (Phi) is 6.23. The Labute approximate surface area is 172 Å². The van der Waals surface area contributed by atoms with Crippen LogP contribution in [0.4, 0.5) is 5.69 Å². The molecular formula is C20H19ClN2O6. The number of anilines is 1. The number of ether oxygens (including phenoxy) is 3. The second-order valence-corrected chi connectivity index (χ2v) is 6.46. The van der Waals surface area contributed by atoms with Gasteiger partial charge in [0, 0.05) is 18.1 Å². The molecule has 2 aromatic carbocycles. The van der Waals surface area contributed by atoms with Gasteiger partial charge < -0.3 is 24.4 Å². The number of para-hydroxylation sites is 1. The SMILES string of the molecule is COC(=O)c1ccccc1NC(=O)[C@H]1CC(c2cc(Cl)c(OC)cc2OC)=NO1. The van der Waals surface area contributed by atoms with Crippen LogP contribution in [0.25, 0.3) is 0 Å². The molecule has 0 spiro atoms. The zero-order valence-electron chi connectivity index (χ0n) is 16.0. The van der Waals surface area contributed by atoms with Crippen LogP contribution < -0.4 is 14.8 Å². The molecule has 9 heteroatoms. The molecule has 1 amide bonds. The average molecular weight is 419 g/mol. The Balaban J connectivity index is 1.76. The largest absolute Gasteiger partial charge is 0.496 e. The molecule has 1 aliphatic rings. The van der Waals surface area contributed by atoms with Crippen LogP contribution in [-0.4, -0.2) is 45.0 Å². The lowest BCUT2D eigenvalue weighted by Crippen LogP contribution is -2.28. The summed E-state index contributed by atoms with van der Waals surface area (Å²) in [5, 5.41) is 7.08. The van der Waals surface area contributed by atoms with E-state index < -0.39 is 18.0 Å². The molecule has 0 aliphatic carbocycles. The van der Waals surface area contributed by atoms with E-state index in [-0.39, 0.29) is 12.0 Å². The molecule has 0 radical (unpaired) electrons. The number of hydrogen-bond donors (Lipinski definition) is 1. The van der Waals surface area contributed by atoms with Crippen molar-refractivity contribution in [1.82, 2.24) is 0 Å². The summed E-state index contributed by atoms with van der Waals surface area (Å²) in [6, 6.07) is 9.82. The van der Waals surface area contributed by atoms with Gasteiger partial charge in [0.25, 0.3) is 5.91 Å². The molecule has 0 unspecified atom stereocenters. The molecule has 152 valence electrons. The highest BCUT2D eigenvalue weighted by Crippen LogP contribution is 2.35. The van der Waals surface area contributed by atoms with Crippen LogP contribution in [-0.2, 0) is 14.4 Å². The van der Waals surface area contributed by atoms with E-state index in [9.17, 15) is 9.59 Å². The van der Waals surface area contributed by atoms with Gasteiger partial charge >= 0.3 is 5.97 Å². The van der Waals surface area contributed by atoms with Crippen LogP contribution in [0.15, 0.2) is 41.6 Å². The van der Waals surface area contributed by atoms with Crippen LogP contribution in [0, 0.1) is 0 Å². The molecule has 0 fully saturated rings. The maximum absolute atomic E-state index is 12.6. The van der Waals surface area contributed by atoms with E-state index in [1.165, 1.54) is 21.3 Å². The van der Waals surface area contributed by atoms with Crippen molar-refractivity contribution >= 4 is 34.9 Å². The molecule has 1 aliphatic heterocycles. The highest BCUT2D eigenvalue weighted by Gasteiger charge is 2.31. The molecule has 2 aromatic rings. The summed E-state index contributed by atoms with van der Waals surface area (Å²) in [6.45, 7) is 0. The van der Waals surface area contributed by atoms with Crippen molar-refractivity contribution in [2.24, 2.45) is 5.16 Å². The maximum atomic E-state index is 12.6. The van der Waals surface area contributed by atoms with E-state index in [4.69, 9.17) is 30.6 Å². The molecular weight excluding hydrogens is 400 g/mol. The minimum absolute atomic E-state index is 0.200. The van der Waals surface area contributed by atoms with Crippen molar-refractivity contribution in [1.29, 1.82) is 0 Å². The molecule has 1 N–H and O–H groups in total. The van der Waals surface area contributed by atoms with Crippen LogP contribution in [0.3, 0.4) is 0 Å². The standard InChI is InChI=1S/C20H19ClN2O6/c1-26-16-10-17(27-2)13(21)8-12(16)15-9-18(29-23-15)19(24)22-14-7-5-4-6-11(14)20(25)28-3/h4-8,10,18H,9H2,1-3H3,(H,22,24)/t18-/m1/s1. The summed E-state index contributed by atoms with van der Waals surface area (Å²) in [6.07, 6.45) is -0.674. The monoisotopic (exact) mass is 418 g/mol. The number of carbonyl (C=O) groups excluding carboxylic acids is 2. The number of nitrogens with zero attached hydrogens (tertiary/aromatic N) is 1. The van der Waals surface area contributed by atoms with Gasteiger partial charge in [0.2, 0.25) is 6.10 Å². The van der Waals surface area contributed by atoms with E-state index in [0.29, 0.717) is 33.5 Å². The summed E-state index contributed by atoms with van der Waals surface area (Å²) in [4.78, 5) is 29.8. The lowest BCUT2D eigenvalue weighted by Gasteiger charge is -2.13. The number of rotatable bonds is 6. The Morgan fingerprint density at radius 1 is 1.14 bits per heavy atom. The summed E-state index contributed by atoms with van der Waals surface area (Å²) < 4.78 is 15.3. The van der Waals surface area contributed by atoms with Gasteiger partial charge in [0.05, 0.1) is 43.3 Å². The summed E-state index contributed by atoms with van der Waals surface area (Å²) in [5.74, 6) is -0.0485. The Morgan fingerprint density at radius 2 is 1.86 bits per heavy atom. The second kappa shape index (κ2) is 8.83. The molecule has 0 saturated carbocycles. The predicted octanol–water partition coefficient (Wildman–Crippen LogP) is 3.28. The van der Waals surface area contributed by atoms with Gasteiger partial charge in [0.1, 0.15) is 11.5 Å². The smallest absolute Gasteiger partial charge is 0.339 e. The first-order valence-electron chi connectivity index (χ1n) is 8.61. The van der Waals surface area contributed by atoms with Gasteiger partial charge in [-0.3, -0.25) is 4.79 Å². The topological polar surface area (TPSA) is 95.5 Å². The number of carbonyl (C=O) groups is 2. The van der Waals surface area contributed by atoms with Crippen molar-refractivity contribution in [2.45, 2.75) is 12.5 Å². The first-order valence-corrected chi connectivity index (χ1v) is 8.99.